The number of benzene rings is 1. The van der Waals surface area contributed by atoms with Crippen molar-refractivity contribution in [3.05, 3.63) is 26.0 Å². The van der Waals surface area contributed by atoms with E-state index in [-0.39, 0.29) is 0 Å². The van der Waals surface area contributed by atoms with Gasteiger partial charge in [-0.15, -0.1) is 0 Å². The zero-order chi connectivity index (χ0) is 13.6. The van der Waals surface area contributed by atoms with Gasteiger partial charge in [-0.3, -0.25) is 19.7 Å². The molecule has 1 aliphatic heterocycles. The number of hydrogen-bond acceptors (Lipinski definition) is 4. The van der Waals surface area contributed by atoms with Gasteiger partial charge in [-0.2, -0.15) is 5.32 Å². The molecule has 10 heteroatoms. The van der Waals surface area contributed by atoms with E-state index in [1.165, 1.54) is 0 Å². The number of anilines is 1. The summed E-state index contributed by atoms with van der Waals surface area (Å²) in [6, 6.07) is 0. The Bertz CT molecular complexity index is 619. The summed E-state index contributed by atoms with van der Waals surface area (Å²) in [5.41, 5.74) is -2.14. The lowest BCUT2D eigenvalue weighted by molar-refractivity contribution is -0.384. The molecular formula is C8HCl2FN3O4. The molecule has 1 heterocycles. The van der Waals surface area contributed by atoms with E-state index < -0.39 is 49.7 Å². The van der Waals surface area contributed by atoms with Gasteiger partial charge in [0.15, 0.2) is 11.5 Å². The highest BCUT2D eigenvalue weighted by molar-refractivity contribution is 6.46. The predicted octanol–water partition coefficient (Wildman–Crippen LogP) is 1.76. The second-order valence-corrected chi connectivity index (χ2v) is 3.90. The first kappa shape index (κ1) is 12.5. The van der Waals surface area contributed by atoms with Crippen LogP contribution in [0.4, 0.5) is 21.5 Å². The summed E-state index contributed by atoms with van der Waals surface area (Å²) in [7, 11) is 0. The molecule has 1 aliphatic rings. The minimum atomic E-state index is -1.29. The van der Waals surface area contributed by atoms with Crippen molar-refractivity contribution < 1.29 is 18.9 Å². The number of carbonyl (C=O) groups excluding carboxylic acids is 2. The summed E-state index contributed by atoms with van der Waals surface area (Å²) in [5, 5.41) is 14.4. The third-order valence-electron chi connectivity index (χ3n) is 2.10. The molecule has 1 N–H and O–H groups in total. The third-order valence-corrected chi connectivity index (χ3v) is 2.92. The van der Waals surface area contributed by atoms with Crippen LogP contribution in [0.25, 0.3) is 0 Å². The molecule has 18 heavy (non-hydrogen) atoms. The zero-order valence-electron chi connectivity index (χ0n) is 8.16. The van der Waals surface area contributed by atoms with Gasteiger partial charge >= 0.3 is 17.5 Å². The highest BCUT2D eigenvalue weighted by Crippen LogP contribution is 2.46. The number of nitro groups is 1. The number of nitrogens with zero attached hydrogens (tertiary/aromatic N) is 2. The summed E-state index contributed by atoms with van der Waals surface area (Å²) in [5.74, 6) is -3.69. The molecule has 0 aromatic heterocycles. The van der Waals surface area contributed by atoms with E-state index in [4.69, 9.17) is 23.2 Å². The number of nitro benzene ring substituents is 1. The van der Waals surface area contributed by atoms with Crippen molar-refractivity contribution in [2.45, 2.75) is 0 Å². The number of hydrogen-bond donors (Lipinski definition) is 1. The van der Waals surface area contributed by atoms with Gasteiger partial charge in [-0.1, -0.05) is 23.2 Å². The minimum absolute atomic E-state index is 0.638. The van der Waals surface area contributed by atoms with Gasteiger partial charge < -0.3 is 5.32 Å². The van der Waals surface area contributed by atoms with Crippen LogP contribution in [-0.2, 0) is 9.59 Å². The molecule has 0 atom stereocenters. The Morgan fingerprint density at radius 3 is 2.44 bits per heavy atom. The fraction of sp³-hybridized carbons (Fsp3) is 0. The second kappa shape index (κ2) is 4.07. The lowest BCUT2D eigenvalue weighted by atomic mass is 10.1. The summed E-state index contributed by atoms with van der Waals surface area (Å²) in [6.45, 7) is 0. The fourth-order valence-electron chi connectivity index (χ4n) is 1.35. The molecule has 1 aromatic carbocycles. The molecule has 2 amide bonds. The van der Waals surface area contributed by atoms with Crippen LogP contribution < -0.4 is 10.6 Å². The fourth-order valence-corrected chi connectivity index (χ4v) is 1.77. The average molecular weight is 293 g/mol. The molecular weight excluding hydrogens is 292 g/mol. The first-order chi connectivity index (χ1) is 8.34. The molecule has 1 aromatic rings. The Kier molecular flexibility index (Phi) is 2.83. The SMILES string of the molecule is O=C1[N]c2c(c(F)c(Cl)c(Cl)c2[N+](=O)[O-])NC1=O. The number of nitrogens with one attached hydrogen (secondary N) is 1. The van der Waals surface area contributed by atoms with Gasteiger partial charge in [-0.05, 0) is 0 Å². The van der Waals surface area contributed by atoms with Crippen molar-refractivity contribution in [3.8, 4) is 0 Å². The predicted molar refractivity (Wildman–Crippen MR) is 58.5 cm³/mol. The monoisotopic (exact) mass is 292 g/mol. The van der Waals surface area contributed by atoms with Crippen LogP contribution in [0, 0.1) is 15.9 Å². The molecule has 0 spiro atoms. The van der Waals surface area contributed by atoms with Crippen molar-refractivity contribution >= 4 is 52.1 Å². The first-order valence-electron chi connectivity index (χ1n) is 4.26. The maximum Gasteiger partial charge on any atom is 0.336 e. The Morgan fingerprint density at radius 2 is 1.89 bits per heavy atom. The third kappa shape index (κ3) is 1.66. The number of halogens is 3. The molecule has 1 radical (unpaired) electrons. The lowest BCUT2D eigenvalue weighted by Crippen LogP contribution is -2.34. The molecule has 0 saturated heterocycles. The molecule has 7 nitrogen and oxygen atoms in total. The maximum absolute atomic E-state index is 13.7. The van der Waals surface area contributed by atoms with Gasteiger partial charge in [0, 0.05) is 0 Å². The van der Waals surface area contributed by atoms with Crippen molar-refractivity contribution in [1.82, 2.24) is 5.32 Å². The van der Waals surface area contributed by atoms with E-state index in [1.54, 1.807) is 0 Å². The standard InChI is InChI=1S/C8HCl2FN3O4/c9-1-2(10)6(14(17)18)5-4(3(1)11)12-7(15)8(16)13-5/h(H,12,15). The van der Waals surface area contributed by atoms with Crippen LogP contribution in [0.15, 0.2) is 0 Å². The highest BCUT2D eigenvalue weighted by Gasteiger charge is 2.37. The molecule has 0 unspecified atom stereocenters. The quantitative estimate of drug-likeness (QED) is 0.368. The van der Waals surface area contributed by atoms with Gasteiger partial charge in [0.2, 0.25) is 0 Å². The van der Waals surface area contributed by atoms with Crippen LogP contribution in [0.2, 0.25) is 10.0 Å². The van der Waals surface area contributed by atoms with Gasteiger partial charge in [0.05, 0.1) is 4.92 Å². The average Bonchev–Trinajstić information content (AvgIpc) is 2.29. The van der Waals surface area contributed by atoms with E-state index >= 15 is 0 Å². The van der Waals surface area contributed by atoms with Crippen LogP contribution >= 0.6 is 23.2 Å². The van der Waals surface area contributed by atoms with Crippen LogP contribution in [0.3, 0.4) is 0 Å². The van der Waals surface area contributed by atoms with E-state index in [0.717, 1.165) is 0 Å². The van der Waals surface area contributed by atoms with E-state index in [1.807, 2.05) is 5.32 Å². The minimum Gasteiger partial charge on any atom is -0.313 e. The Hall–Kier alpha value is -1.93. The van der Waals surface area contributed by atoms with Crippen molar-refractivity contribution in [2.75, 3.05) is 5.32 Å². The van der Waals surface area contributed by atoms with Crippen LogP contribution in [0.1, 0.15) is 0 Å². The Labute approximate surface area is 108 Å². The highest BCUT2D eigenvalue weighted by atomic mass is 35.5. The largest absolute Gasteiger partial charge is 0.336 e. The second-order valence-electron chi connectivity index (χ2n) is 3.14. The Morgan fingerprint density at radius 1 is 1.28 bits per heavy atom. The van der Waals surface area contributed by atoms with Gasteiger partial charge in [-0.25, -0.2) is 4.39 Å². The molecule has 0 bridgehead atoms. The van der Waals surface area contributed by atoms with Gasteiger partial charge in [0.25, 0.3) is 0 Å². The molecule has 2 rings (SSSR count). The molecule has 93 valence electrons. The topological polar surface area (TPSA) is 103 Å². The summed E-state index contributed by atoms with van der Waals surface area (Å²) >= 11 is 11.0. The zero-order valence-corrected chi connectivity index (χ0v) is 9.67. The molecule has 0 aliphatic carbocycles. The maximum atomic E-state index is 13.7. The lowest BCUT2D eigenvalue weighted by Gasteiger charge is -2.17. The van der Waals surface area contributed by atoms with Crippen molar-refractivity contribution in [2.24, 2.45) is 0 Å². The van der Waals surface area contributed by atoms with E-state index in [2.05, 4.69) is 5.32 Å². The Balaban J connectivity index is 2.82. The van der Waals surface area contributed by atoms with Crippen molar-refractivity contribution in [3.63, 3.8) is 0 Å². The van der Waals surface area contributed by atoms with Gasteiger partial charge in [0.1, 0.15) is 15.7 Å². The molecule has 0 fully saturated rings. The summed E-state index contributed by atoms with van der Waals surface area (Å²) in [4.78, 5) is 31.9. The van der Waals surface area contributed by atoms with E-state index in [9.17, 15) is 24.1 Å². The van der Waals surface area contributed by atoms with Crippen LogP contribution in [0.5, 0.6) is 0 Å². The van der Waals surface area contributed by atoms with Crippen molar-refractivity contribution in [1.29, 1.82) is 0 Å². The number of amides is 2. The first-order valence-corrected chi connectivity index (χ1v) is 5.02. The smallest absolute Gasteiger partial charge is 0.313 e. The van der Waals surface area contributed by atoms with Crippen LogP contribution in [-0.4, -0.2) is 16.7 Å². The summed E-state index contributed by atoms with van der Waals surface area (Å²) in [6.07, 6.45) is 0. The molecule has 0 saturated carbocycles. The summed E-state index contributed by atoms with van der Waals surface area (Å²) < 4.78 is 13.7. The van der Waals surface area contributed by atoms with E-state index in [0.29, 0.717) is 0 Å². The number of rotatable bonds is 1. The normalized spacial score (nSPS) is 13.7. The number of carbonyl (C=O) groups is 2. The number of fused-ring (bicyclic) bond motifs is 1.